The highest BCUT2D eigenvalue weighted by atomic mass is 16.4. The maximum absolute atomic E-state index is 11.5. The lowest BCUT2D eigenvalue weighted by Crippen LogP contribution is -2.55. The minimum absolute atomic E-state index is 0.0214. The summed E-state index contributed by atoms with van der Waals surface area (Å²) < 4.78 is 0. The summed E-state index contributed by atoms with van der Waals surface area (Å²) in [5, 5.41) is 9.12. The highest BCUT2D eigenvalue weighted by Crippen LogP contribution is 2.35. The molecule has 1 heterocycles. The van der Waals surface area contributed by atoms with Crippen molar-refractivity contribution in [2.24, 2.45) is 5.92 Å². The molecule has 0 bridgehead atoms. The molecule has 0 aromatic heterocycles. The summed E-state index contributed by atoms with van der Waals surface area (Å²) in [4.78, 5) is 26.0. The summed E-state index contributed by atoms with van der Waals surface area (Å²) in [7, 11) is 1.76. The van der Waals surface area contributed by atoms with Gasteiger partial charge in [0.1, 0.15) is 6.04 Å². The molecule has 0 spiro atoms. The van der Waals surface area contributed by atoms with Crippen molar-refractivity contribution in [2.45, 2.75) is 18.9 Å². The zero-order valence-electron chi connectivity index (χ0n) is 8.85. The van der Waals surface area contributed by atoms with Crippen LogP contribution in [0.25, 0.3) is 0 Å². The van der Waals surface area contributed by atoms with Crippen LogP contribution in [0.2, 0.25) is 0 Å². The van der Waals surface area contributed by atoms with Gasteiger partial charge in [-0.3, -0.25) is 14.5 Å². The highest BCUT2D eigenvalue weighted by Gasteiger charge is 2.42. The third-order valence-corrected chi connectivity index (χ3v) is 3.20. The van der Waals surface area contributed by atoms with Gasteiger partial charge in [-0.15, -0.1) is 0 Å². The summed E-state index contributed by atoms with van der Waals surface area (Å²) in [6, 6.07) is -0.442. The SMILES string of the molecule is CN1CCN(C(C(=O)O)C2CC2)CC1=O. The average molecular weight is 212 g/mol. The standard InChI is InChI=1S/C10H16N2O3/c1-11-4-5-12(6-8(11)13)9(10(14)15)7-2-3-7/h7,9H,2-6H2,1H3,(H,14,15). The number of carbonyl (C=O) groups is 2. The van der Waals surface area contributed by atoms with E-state index in [0.29, 0.717) is 13.1 Å². The molecule has 1 unspecified atom stereocenters. The lowest BCUT2D eigenvalue weighted by Gasteiger charge is -2.35. The number of amides is 1. The molecule has 1 saturated carbocycles. The number of carboxylic acid groups (broad SMARTS) is 1. The van der Waals surface area contributed by atoms with Gasteiger partial charge in [0.25, 0.3) is 0 Å². The molecule has 84 valence electrons. The number of piperazine rings is 1. The molecule has 2 aliphatic rings. The normalized spacial score (nSPS) is 25.4. The molecule has 15 heavy (non-hydrogen) atoms. The van der Waals surface area contributed by atoms with Gasteiger partial charge in [-0.1, -0.05) is 0 Å². The summed E-state index contributed by atoms with van der Waals surface area (Å²) in [5.74, 6) is -0.498. The highest BCUT2D eigenvalue weighted by molar-refractivity contribution is 5.81. The number of nitrogens with zero attached hydrogens (tertiary/aromatic N) is 2. The minimum atomic E-state index is -0.783. The quantitative estimate of drug-likeness (QED) is 0.693. The van der Waals surface area contributed by atoms with Crippen molar-refractivity contribution in [3.8, 4) is 0 Å². The first-order valence-corrected chi connectivity index (χ1v) is 5.30. The minimum Gasteiger partial charge on any atom is -0.480 e. The third-order valence-electron chi connectivity index (χ3n) is 3.20. The predicted octanol–water partition coefficient (Wildman–Crippen LogP) is -0.376. The molecule has 0 aromatic rings. The number of rotatable bonds is 3. The monoisotopic (exact) mass is 212 g/mol. The van der Waals surface area contributed by atoms with Gasteiger partial charge in [0, 0.05) is 20.1 Å². The molecule has 1 amide bonds. The summed E-state index contributed by atoms with van der Waals surface area (Å²) in [6.45, 7) is 1.56. The first kappa shape index (κ1) is 10.4. The van der Waals surface area contributed by atoms with Crippen LogP contribution < -0.4 is 0 Å². The first-order chi connectivity index (χ1) is 7.09. The molecule has 0 aromatic carbocycles. The number of likely N-dealkylation sites (N-methyl/N-ethyl adjacent to an activating group) is 1. The van der Waals surface area contributed by atoms with Crippen LogP contribution in [-0.2, 0) is 9.59 Å². The van der Waals surface area contributed by atoms with Crippen molar-refractivity contribution in [3.05, 3.63) is 0 Å². The molecule has 5 nitrogen and oxygen atoms in total. The van der Waals surface area contributed by atoms with E-state index < -0.39 is 12.0 Å². The van der Waals surface area contributed by atoms with Crippen LogP contribution in [0.5, 0.6) is 0 Å². The molecule has 1 atom stereocenters. The van der Waals surface area contributed by atoms with Crippen LogP contribution in [0.4, 0.5) is 0 Å². The summed E-state index contributed by atoms with van der Waals surface area (Å²) in [5.41, 5.74) is 0. The van der Waals surface area contributed by atoms with E-state index >= 15 is 0 Å². The van der Waals surface area contributed by atoms with E-state index in [1.165, 1.54) is 0 Å². The van der Waals surface area contributed by atoms with Crippen LogP contribution >= 0.6 is 0 Å². The topological polar surface area (TPSA) is 60.9 Å². The van der Waals surface area contributed by atoms with E-state index in [1.54, 1.807) is 11.9 Å². The van der Waals surface area contributed by atoms with Gasteiger partial charge in [0.15, 0.2) is 0 Å². The second-order valence-corrected chi connectivity index (χ2v) is 4.41. The fourth-order valence-electron chi connectivity index (χ4n) is 2.08. The fourth-order valence-corrected chi connectivity index (χ4v) is 2.08. The molecule has 1 aliphatic carbocycles. The second-order valence-electron chi connectivity index (χ2n) is 4.41. The van der Waals surface area contributed by atoms with Crippen LogP contribution in [0, 0.1) is 5.92 Å². The van der Waals surface area contributed by atoms with Crippen molar-refractivity contribution in [1.82, 2.24) is 9.80 Å². The lowest BCUT2D eigenvalue weighted by molar-refractivity contribution is -0.147. The van der Waals surface area contributed by atoms with E-state index in [9.17, 15) is 9.59 Å². The zero-order chi connectivity index (χ0) is 11.0. The number of carboxylic acids is 1. The van der Waals surface area contributed by atoms with Crippen LogP contribution in [-0.4, -0.2) is 59.5 Å². The molecule has 1 N–H and O–H groups in total. The average Bonchev–Trinajstić information content (AvgIpc) is 2.95. The van der Waals surface area contributed by atoms with E-state index in [2.05, 4.69) is 0 Å². The summed E-state index contributed by atoms with van der Waals surface area (Å²) in [6.07, 6.45) is 1.97. The van der Waals surface area contributed by atoms with E-state index in [0.717, 1.165) is 12.8 Å². The molecule has 5 heteroatoms. The predicted molar refractivity (Wildman–Crippen MR) is 53.4 cm³/mol. The maximum atomic E-state index is 11.5. The molecule has 0 radical (unpaired) electrons. The van der Waals surface area contributed by atoms with Gasteiger partial charge in [-0.05, 0) is 18.8 Å². The summed E-state index contributed by atoms with van der Waals surface area (Å²) >= 11 is 0. The van der Waals surface area contributed by atoms with Gasteiger partial charge in [0.2, 0.25) is 5.91 Å². The number of hydrogen-bond acceptors (Lipinski definition) is 3. The van der Waals surface area contributed by atoms with E-state index in [-0.39, 0.29) is 18.4 Å². The van der Waals surface area contributed by atoms with Crippen molar-refractivity contribution >= 4 is 11.9 Å². The fraction of sp³-hybridized carbons (Fsp3) is 0.800. The van der Waals surface area contributed by atoms with Crippen LogP contribution in [0.3, 0.4) is 0 Å². The van der Waals surface area contributed by atoms with Gasteiger partial charge < -0.3 is 10.0 Å². The Labute approximate surface area is 88.6 Å². The Morgan fingerprint density at radius 3 is 2.60 bits per heavy atom. The number of aliphatic carboxylic acids is 1. The van der Waals surface area contributed by atoms with Crippen LogP contribution in [0.1, 0.15) is 12.8 Å². The van der Waals surface area contributed by atoms with Gasteiger partial charge in [0.05, 0.1) is 6.54 Å². The lowest BCUT2D eigenvalue weighted by atomic mass is 10.1. The molecular weight excluding hydrogens is 196 g/mol. The van der Waals surface area contributed by atoms with E-state index in [4.69, 9.17) is 5.11 Å². The number of hydrogen-bond donors (Lipinski definition) is 1. The maximum Gasteiger partial charge on any atom is 0.321 e. The molecule has 2 fully saturated rings. The van der Waals surface area contributed by atoms with Gasteiger partial charge in [-0.2, -0.15) is 0 Å². The Hall–Kier alpha value is -1.10. The Balaban J connectivity index is 2.02. The zero-order valence-corrected chi connectivity index (χ0v) is 8.85. The molecule has 1 saturated heterocycles. The van der Waals surface area contributed by atoms with Gasteiger partial charge in [-0.25, -0.2) is 0 Å². The Morgan fingerprint density at radius 1 is 1.47 bits per heavy atom. The third kappa shape index (κ3) is 2.12. The van der Waals surface area contributed by atoms with Crippen molar-refractivity contribution in [2.75, 3.05) is 26.7 Å². The Kier molecular flexibility index (Phi) is 2.65. The first-order valence-electron chi connectivity index (χ1n) is 5.30. The smallest absolute Gasteiger partial charge is 0.321 e. The van der Waals surface area contributed by atoms with E-state index in [1.807, 2.05) is 4.90 Å². The van der Waals surface area contributed by atoms with Crippen molar-refractivity contribution in [1.29, 1.82) is 0 Å². The Bertz CT molecular complexity index is 288. The van der Waals surface area contributed by atoms with Crippen molar-refractivity contribution in [3.63, 3.8) is 0 Å². The largest absolute Gasteiger partial charge is 0.480 e. The molecule has 2 rings (SSSR count). The molecular formula is C10H16N2O3. The van der Waals surface area contributed by atoms with Crippen molar-refractivity contribution < 1.29 is 14.7 Å². The Morgan fingerprint density at radius 2 is 2.13 bits per heavy atom. The van der Waals surface area contributed by atoms with Gasteiger partial charge >= 0.3 is 5.97 Å². The second kappa shape index (κ2) is 3.81. The van der Waals surface area contributed by atoms with Crippen LogP contribution in [0.15, 0.2) is 0 Å². The number of carbonyl (C=O) groups excluding carboxylic acids is 1. The molecule has 1 aliphatic heterocycles.